The second-order valence-electron chi connectivity index (χ2n) is 5.99. The summed E-state index contributed by atoms with van der Waals surface area (Å²) in [7, 11) is -3.43. The fraction of sp³-hybridized carbons (Fsp3) is 0.562. The van der Waals surface area contributed by atoms with Gasteiger partial charge in [0, 0.05) is 24.7 Å². The third-order valence-electron chi connectivity index (χ3n) is 3.85. The molecule has 1 aliphatic rings. The number of nitrogens with one attached hydrogen (secondary N) is 1. The zero-order valence-electron chi connectivity index (χ0n) is 13.2. The smallest absolute Gasteiger partial charge is 0.243 e. The highest BCUT2D eigenvalue weighted by Crippen LogP contribution is 2.22. The largest absolute Gasteiger partial charge is 0.326 e. The first-order valence-corrected chi connectivity index (χ1v) is 9.26. The summed E-state index contributed by atoms with van der Waals surface area (Å²) in [6, 6.07) is 6.42. The van der Waals surface area contributed by atoms with Crippen LogP contribution in [-0.4, -0.2) is 31.7 Å². The number of rotatable bonds is 4. The first kappa shape index (κ1) is 17.0. The van der Waals surface area contributed by atoms with Crippen molar-refractivity contribution in [2.45, 2.75) is 44.4 Å². The van der Waals surface area contributed by atoms with Crippen molar-refractivity contribution in [3.8, 4) is 0 Å². The minimum atomic E-state index is -3.43. The van der Waals surface area contributed by atoms with Gasteiger partial charge in [-0.15, -0.1) is 0 Å². The summed E-state index contributed by atoms with van der Waals surface area (Å²) in [6.07, 6.45) is 4.02. The van der Waals surface area contributed by atoms with E-state index in [1.165, 1.54) is 0 Å². The molecule has 0 spiro atoms. The molecule has 0 aromatic heterocycles. The summed E-state index contributed by atoms with van der Waals surface area (Å²) in [4.78, 5) is 11.9. The number of anilines is 1. The number of hydrogen-bond acceptors (Lipinski definition) is 3. The van der Waals surface area contributed by atoms with Gasteiger partial charge in [0.1, 0.15) is 0 Å². The van der Waals surface area contributed by atoms with Crippen LogP contribution in [-0.2, 0) is 14.8 Å². The summed E-state index contributed by atoms with van der Waals surface area (Å²) < 4.78 is 26.8. The van der Waals surface area contributed by atoms with Crippen LogP contribution in [0.15, 0.2) is 29.2 Å². The molecule has 0 saturated carbocycles. The fourth-order valence-corrected chi connectivity index (χ4v) is 3.95. The summed E-state index contributed by atoms with van der Waals surface area (Å²) in [5, 5.41) is 2.76. The Balaban J connectivity index is 2.13. The second-order valence-corrected chi connectivity index (χ2v) is 7.92. The molecule has 6 heteroatoms. The fourth-order valence-electron chi connectivity index (χ4n) is 2.43. The third-order valence-corrected chi connectivity index (χ3v) is 5.76. The van der Waals surface area contributed by atoms with E-state index in [0.29, 0.717) is 18.8 Å². The van der Waals surface area contributed by atoms with Crippen molar-refractivity contribution in [2.24, 2.45) is 5.92 Å². The van der Waals surface area contributed by atoms with Crippen LogP contribution in [0.2, 0.25) is 0 Å². The highest BCUT2D eigenvalue weighted by Gasteiger charge is 2.24. The minimum Gasteiger partial charge on any atom is -0.326 e. The molecule has 1 aromatic carbocycles. The molecule has 1 amide bonds. The van der Waals surface area contributed by atoms with Gasteiger partial charge in [-0.2, -0.15) is 4.31 Å². The predicted octanol–water partition coefficient (Wildman–Crippen LogP) is 2.85. The van der Waals surface area contributed by atoms with Crippen LogP contribution in [0.1, 0.15) is 39.5 Å². The number of nitrogens with zero attached hydrogens (tertiary/aromatic N) is 1. The van der Waals surface area contributed by atoms with E-state index in [1.54, 1.807) is 28.6 Å². The molecule has 0 radical (unpaired) electrons. The normalized spacial score (nSPS) is 17.2. The van der Waals surface area contributed by atoms with Crippen molar-refractivity contribution in [1.82, 2.24) is 4.31 Å². The maximum Gasteiger partial charge on any atom is 0.243 e. The van der Waals surface area contributed by atoms with E-state index in [-0.39, 0.29) is 16.7 Å². The van der Waals surface area contributed by atoms with E-state index in [1.807, 2.05) is 13.8 Å². The Morgan fingerprint density at radius 3 is 2.09 bits per heavy atom. The molecule has 1 aromatic rings. The van der Waals surface area contributed by atoms with Crippen molar-refractivity contribution in [1.29, 1.82) is 0 Å². The van der Waals surface area contributed by atoms with Crippen molar-refractivity contribution < 1.29 is 13.2 Å². The Hall–Kier alpha value is -1.40. The predicted molar refractivity (Wildman–Crippen MR) is 87.1 cm³/mol. The standard InChI is InChI=1S/C16H24N2O3S/c1-13(2)16(19)17-14-7-9-15(10-8-14)22(20,21)18-11-5-3-4-6-12-18/h7-10,13H,3-6,11-12H2,1-2H3,(H,17,19). The maximum atomic E-state index is 12.6. The number of carbonyl (C=O) groups excluding carboxylic acids is 1. The Morgan fingerprint density at radius 2 is 1.59 bits per heavy atom. The van der Waals surface area contributed by atoms with E-state index in [0.717, 1.165) is 25.7 Å². The van der Waals surface area contributed by atoms with Crippen LogP contribution in [0.4, 0.5) is 5.69 Å². The van der Waals surface area contributed by atoms with Crippen molar-refractivity contribution in [2.75, 3.05) is 18.4 Å². The van der Waals surface area contributed by atoms with Crippen LogP contribution in [0.25, 0.3) is 0 Å². The van der Waals surface area contributed by atoms with Gasteiger partial charge in [0.25, 0.3) is 0 Å². The maximum absolute atomic E-state index is 12.6. The van der Waals surface area contributed by atoms with Gasteiger partial charge in [-0.3, -0.25) is 4.79 Å². The van der Waals surface area contributed by atoms with Crippen molar-refractivity contribution in [3.05, 3.63) is 24.3 Å². The molecule has 22 heavy (non-hydrogen) atoms. The topological polar surface area (TPSA) is 66.5 Å². The lowest BCUT2D eigenvalue weighted by Crippen LogP contribution is -2.31. The number of benzene rings is 1. The van der Waals surface area contributed by atoms with Gasteiger partial charge < -0.3 is 5.32 Å². The highest BCUT2D eigenvalue weighted by atomic mass is 32.2. The van der Waals surface area contributed by atoms with E-state index < -0.39 is 10.0 Å². The molecule has 1 aliphatic heterocycles. The lowest BCUT2D eigenvalue weighted by atomic mass is 10.2. The average Bonchev–Trinajstić information content (AvgIpc) is 2.77. The van der Waals surface area contributed by atoms with Gasteiger partial charge in [0.05, 0.1) is 4.90 Å². The summed E-state index contributed by atoms with van der Waals surface area (Å²) in [5.74, 6) is -0.191. The van der Waals surface area contributed by atoms with E-state index in [2.05, 4.69) is 5.32 Å². The first-order chi connectivity index (χ1) is 10.4. The van der Waals surface area contributed by atoms with E-state index in [9.17, 15) is 13.2 Å². The molecule has 2 rings (SSSR count). The molecular formula is C16H24N2O3S. The Labute approximate surface area is 132 Å². The number of sulfonamides is 1. The Bertz CT molecular complexity index is 601. The van der Waals surface area contributed by atoms with Crippen LogP contribution in [0, 0.1) is 5.92 Å². The molecular weight excluding hydrogens is 300 g/mol. The quantitative estimate of drug-likeness (QED) is 0.926. The minimum absolute atomic E-state index is 0.0804. The van der Waals surface area contributed by atoms with Gasteiger partial charge in [0.2, 0.25) is 15.9 Å². The highest BCUT2D eigenvalue weighted by molar-refractivity contribution is 7.89. The Kier molecular flexibility index (Phi) is 5.58. The van der Waals surface area contributed by atoms with Crippen molar-refractivity contribution in [3.63, 3.8) is 0 Å². The second kappa shape index (κ2) is 7.24. The van der Waals surface area contributed by atoms with Gasteiger partial charge in [0.15, 0.2) is 0 Å². The number of hydrogen-bond donors (Lipinski definition) is 1. The van der Waals surface area contributed by atoms with Crippen LogP contribution in [0.3, 0.4) is 0 Å². The van der Waals surface area contributed by atoms with E-state index in [4.69, 9.17) is 0 Å². The molecule has 1 heterocycles. The third kappa shape index (κ3) is 4.08. The van der Waals surface area contributed by atoms with Crippen LogP contribution < -0.4 is 5.32 Å². The lowest BCUT2D eigenvalue weighted by molar-refractivity contribution is -0.118. The van der Waals surface area contributed by atoms with Gasteiger partial charge >= 0.3 is 0 Å². The molecule has 1 fully saturated rings. The van der Waals surface area contributed by atoms with Crippen LogP contribution in [0.5, 0.6) is 0 Å². The zero-order valence-corrected chi connectivity index (χ0v) is 14.0. The molecule has 0 bridgehead atoms. The molecule has 0 atom stereocenters. The van der Waals surface area contributed by atoms with Crippen molar-refractivity contribution >= 4 is 21.6 Å². The molecule has 1 saturated heterocycles. The van der Waals surface area contributed by atoms with Gasteiger partial charge in [-0.05, 0) is 37.1 Å². The van der Waals surface area contributed by atoms with Gasteiger partial charge in [-0.1, -0.05) is 26.7 Å². The monoisotopic (exact) mass is 324 g/mol. The Morgan fingerprint density at radius 1 is 1.05 bits per heavy atom. The average molecular weight is 324 g/mol. The number of amides is 1. The SMILES string of the molecule is CC(C)C(=O)Nc1ccc(S(=O)(=O)N2CCCCCC2)cc1. The molecule has 0 unspecified atom stereocenters. The summed E-state index contributed by atoms with van der Waals surface area (Å²) in [5.41, 5.74) is 0.619. The van der Waals surface area contributed by atoms with E-state index >= 15 is 0 Å². The van der Waals surface area contributed by atoms with Crippen LogP contribution >= 0.6 is 0 Å². The first-order valence-electron chi connectivity index (χ1n) is 7.82. The zero-order chi connectivity index (χ0) is 16.2. The molecule has 122 valence electrons. The number of carbonyl (C=O) groups is 1. The lowest BCUT2D eigenvalue weighted by Gasteiger charge is -2.20. The molecule has 1 N–H and O–H groups in total. The summed E-state index contributed by atoms with van der Waals surface area (Å²) >= 11 is 0. The van der Waals surface area contributed by atoms with Gasteiger partial charge in [-0.25, -0.2) is 8.42 Å². The molecule has 0 aliphatic carbocycles. The summed E-state index contributed by atoms with van der Waals surface area (Å²) in [6.45, 7) is 4.81. The molecule has 5 nitrogen and oxygen atoms in total.